The Morgan fingerprint density at radius 1 is 1.24 bits per heavy atom. The summed E-state index contributed by atoms with van der Waals surface area (Å²) in [6.45, 7) is 3.27. The van der Waals surface area contributed by atoms with Crippen molar-refractivity contribution in [3.05, 3.63) is 64.3 Å². The number of aromatic nitrogens is 3. The van der Waals surface area contributed by atoms with E-state index in [0.29, 0.717) is 17.0 Å². The van der Waals surface area contributed by atoms with E-state index >= 15 is 0 Å². The first-order valence-electron chi connectivity index (χ1n) is 7.54. The minimum atomic E-state index is -0.877. The van der Waals surface area contributed by atoms with E-state index < -0.39 is 17.5 Å². The number of nitrogens with zero attached hydrogens (tertiary/aromatic N) is 3. The highest BCUT2D eigenvalue weighted by Crippen LogP contribution is 2.17. The second-order valence-corrected chi connectivity index (χ2v) is 5.51. The Morgan fingerprint density at radius 3 is 2.60 bits per heavy atom. The Kier molecular flexibility index (Phi) is 4.42. The number of hydrogen-bond donors (Lipinski definition) is 1. The smallest absolute Gasteiger partial charge is 0.267 e. The van der Waals surface area contributed by atoms with Gasteiger partial charge in [0.15, 0.2) is 0 Å². The number of hydrogen-bond acceptors (Lipinski definition) is 5. The van der Waals surface area contributed by atoms with Crippen LogP contribution in [-0.2, 0) is 4.79 Å². The average Bonchev–Trinajstić information content (AvgIpc) is 3.00. The first-order valence-corrected chi connectivity index (χ1v) is 7.54. The fourth-order valence-corrected chi connectivity index (χ4v) is 2.24. The number of nitrogens with one attached hydrogen (secondary N) is 1. The van der Waals surface area contributed by atoms with Crippen LogP contribution in [-0.4, -0.2) is 20.8 Å². The van der Waals surface area contributed by atoms with Gasteiger partial charge in [0.2, 0.25) is 5.88 Å². The van der Waals surface area contributed by atoms with Crippen molar-refractivity contribution in [1.82, 2.24) is 14.9 Å². The van der Waals surface area contributed by atoms with E-state index in [2.05, 4.69) is 15.6 Å². The molecule has 2 aromatic heterocycles. The number of aryl methyl sites for hydroxylation is 1. The van der Waals surface area contributed by atoms with E-state index in [0.717, 1.165) is 4.68 Å². The minimum absolute atomic E-state index is 0.192. The molecule has 0 bridgehead atoms. The number of carbonyl (C=O) groups is 1. The van der Waals surface area contributed by atoms with Gasteiger partial charge in [-0.2, -0.15) is 5.10 Å². The summed E-state index contributed by atoms with van der Waals surface area (Å²) in [4.78, 5) is 24.4. The molecule has 1 amide bonds. The molecule has 128 valence electrons. The lowest BCUT2D eigenvalue weighted by atomic mass is 10.1. The van der Waals surface area contributed by atoms with Crippen LogP contribution in [0.4, 0.5) is 10.3 Å². The van der Waals surface area contributed by atoms with E-state index in [4.69, 9.17) is 4.52 Å². The van der Waals surface area contributed by atoms with Crippen LogP contribution in [0, 0.1) is 12.7 Å². The summed E-state index contributed by atoms with van der Waals surface area (Å²) in [7, 11) is 0. The second-order valence-electron chi connectivity index (χ2n) is 5.51. The molecule has 1 N–H and O–H groups in total. The summed E-state index contributed by atoms with van der Waals surface area (Å²) in [6, 6.07) is 9.23. The number of halogens is 1. The fraction of sp³-hybridized carbons (Fsp3) is 0.176. The summed E-state index contributed by atoms with van der Waals surface area (Å²) in [6.07, 6.45) is 0. The molecule has 0 radical (unpaired) electrons. The SMILES string of the molecule is Cc1cc(NC(=O)[C@@H](C)n2nc(-c3ccc(F)cc3)ccc2=O)on1. The minimum Gasteiger partial charge on any atom is -0.338 e. The van der Waals surface area contributed by atoms with E-state index in [1.165, 1.54) is 24.3 Å². The lowest BCUT2D eigenvalue weighted by Gasteiger charge is -2.13. The highest BCUT2D eigenvalue weighted by molar-refractivity contribution is 5.92. The highest BCUT2D eigenvalue weighted by Gasteiger charge is 2.19. The van der Waals surface area contributed by atoms with Gasteiger partial charge in [0.25, 0.3) is 11.5 Å². The van der Waals surface area contributed by atoms with Crippen LogP contribution in [0.1, 0.15) is 18.7 Å². The first kappa shape index (κ1) is 16.6. The maximum absolute atomic E-state index is 13.0. The number of benzene rings is 1. The van der Waals surface area contributed by atoms with Crippen molar-refractivity contribution in [2.75, 3.05) is 5.32 Å². The van der Waals surface area contributed by atoms with Crippen molar-refractivity contribution in [2.45, 2.75) is 19.9 Å². The van der Waals surface area contributed by atoms with E-state index in [1.54, 1.807) is 32.0 Å². The Hall–Kier alpha value is -3.29. The zero-order chi connectivity index (χ0) is 18.0. The van der Waals surface area contributed by atoms with Crippen molar-refractivity contribution in [2.24, 2.45) is 0 Å². The monoisotopic (exact) mass is 342 g/mol. The summed E-state index contributed by atoms with van der Waals surface area (Å²) >= 11 is 0. The quantitative estimate of drug-likeness (QED) is 0.787. The maximum atomic E-state index is 13.0. The van der Waals surface area contributed by atoms with Crippen molar-refractivity contribution in [1.29, 1.82) is 0 Å². The molecule has 0 saturated carbocycles. The normalized spacial score (nSPS) is 12.0. The Morgan fingerprint density at radius 2 is 1.96 bits per heavy atom. The number of carbonyl (C=O) groups excluding carboxylic acids is 1. The van der Waals surface area contributed by atoms with Crippen LogP contribution in [0.5, 0.6) is 0 Å². The van der Waals surface area contributed by atoms with Gasteiger partial charge in [0.1, 0.15) is 11.9 Å². The molecule has 1 atom stereocenters. The molecule has 0 fully saturated rings. The fourth-order valence-electron chi connectivity index (χ4n) is 2.24. The second kappa shape index (κ2) is 6.68. The lowest BCUT2D eigenvalue weighted by molar-refractivity contribution is -0.119. The van der Waals surface area contributed by atoms with E-state index in [1.807, 2.05) is 0 Å². The van der Waals surface area contributed by atoms with Crippen LogP contribution in [0.25, 0.3) is 11.3 Å². The predicted octanol–water partition coefficient (Wildman–Crippen LogP) is 2.55. The summed E-state index contributed by atoms with van der Waals surface area (Å²) in [5.41, 5.74) is 1.28. The number of anilines is 1. The number of amides is 1. The van der Waals surface area contributed by atoms with Crippen LogP contribution in [0.3, 0.4) is 0 Å². The molecule has 0 aliphatic carbocycles. The molecule has 8 heteroatoms. The zero-order valence-corrected chi connectivity index (χ0v) is 13.6. The first-order chi connectivity index (χ1) is 11.9. The van der Waals surface area contributed by atoms with Gasteiger partial charge in [-0.3, -0.25) is 14.9 Å². The van der Waals surface area contributed by atoms with Gasteiger partial charge < -0.3 is 4.52 Å². The van der Waals surface area contributed by atoms with Crippen molar-refractivity contribution >= 4 is 11.8 Å². The highest BCUT2D eigenvalue weighted by atomic mass is 19.1. The van der Waals surface area contributed by atoms with Gasteiger partial charge in [-0.1, -0.05) is 5.16 Å². The molecule has 3 rings (SSSR count). The molecule has 0 aliphatic heterocycles. The lowest BCUT2D eigenvalue weighted by Crippen LogP contribution is -2.33. The molecular formula is C17H15FN4O3. The molecule has 3 aromatic rings. The molecular weight excluding hydrogens is 327 g/mol. The number of rotatable bonds is 4. The van der Waals surface area contributed by atoms with Crippen molar-refractivity contribution in [3.8, 4) is 11.3 Å². The molecule has 0 aliphatic rings. The molecule has 0 saturated heterocycles. The van der Waals surface area contributed by atoms with E-state index in [9.17, 15) is 14.0 Å². The van der Waals surface area contributed by atoms with Crippen molar-refractivity contribution < 1.29 is 13.7 Å². The van der Waals surface area contributed by atoms with Crippen LogP contribution >= 0.6 is 0 Å². The van der Waals surface area contributed by atoms with Crippen LogP contribution in [0.15, 0.2) is 51.8 Å². The van der Waals surface area contributed by atoms with Gasteiger partial charge in [0, 0.05) is 17.7 Å². The van der Waals surface area contributed by atoms with Gasteiger partial charge >= 0.3 is 0 Å². The van der Waals surface area contributed by atoms with Gasteiger partial charge in [-0.25, -0.2) is 9.07 Å². The van der Waals surface area contributed by atoms with Crippen LogP contribution < -0.4 is 10.9 Å². The topological polar surface area (TPSA) is 90.0 Å². The predicted molar refractivity (Wildman–Crippen MR) is 88.5 cm³/mol. The molecule has 7 nitrogen and oxygen atoms in total. The third-order valence-corrected chi connectivity index (χ3v) is 3.59. The third kappa shape index (κ3) is 3.63. The zero-order valence-electron chi connectivity index (χ0n) is 13.6. The maximum Gasteiger partial charge on any atom is 0.267 e. The Balaban J connectivity index is 1.87. The third-order valence-electron chi connectivity index (χ3n) is 3.59. The van der Waals surface area contributed by atoms with E-state index in [-0.39, 0.29) is 11.7 Å². The van der Waals surface area contributed by atoms with Gasteiger partial charge in [-0.05, 0) is 44.2 Å². The largest absolute Gasteiger partial charge is 0.338 e. The molecule has 0 spiro atoms. The average molecular weight is 342 g/mol. The Bertz CT molecular complexity index is 963. The summed E-state index contributed by atoms with van der Waals surface area (Å²) in [5.74, 6) is -0.647. The standard InChI is InChI=1S/C17H15FN4O3/c1-10-9-15(25-21-10)19-17(24)11(2)22-16(23)8-7-14(20-22)12-3-5-13(18)6-4-12/h3-9,11H,1-2H3,(H,19,24)/t11-/m1/s1. The van der Waals surface area contributed by atoms with Crippen LogP contribution in [0.2, 0.25) is 0 Å². The molecule has 1 aromatic carbocycles. The van der Waals surface area contributed by atoms with Gasteiger partial charge in [0.05, 0.1) is 11.4 Å². The summed E-state index contributed by atoms with van der Waals surface area (Å²) in [5, 5.41) is 10.4. The molecule has 25 heavy (non-hydrogen) atoms. The molecule has 2 heterocycles. The molecule has 0 unspecified atom stereocenters. The summed E-state index contributed by atoms with van der Waals surface area (Å²) < 4.78 is 19.0. The Labute approximate surface area is 142 Å². The van der Waals surface area contributed by atoms with Gasteiger partial charge in [-0.15, -0.1) is 0 Å². The van der Waals surface area contributed by atoms with Crippen molar-refractivity contribution in [3.63, 3.8) is 0 Å².